The second kappa shape index (κ2) is 8.67. The van der Waals surface area contributed by atoms with Crippen LogP contribution in [-0.4, -0.2) is 22.7 Å². The van der Waals surface area contributed by atoms with Gasteiger partial charge in [-0.05, 0) is 55.9 Å². The average molecular weight is 395 g/mol. The topological polar surface area (TPSA) is 56.3 Å². The molecular formula is C20H24F3N3O2. The molecule has 1 aromatic carbocycles. The van der Waals surface area contributed by atoms with Crippen LogP contribution in [0.15, 0.2) is 30.5 Å². The summed E-state index contributed by atoms with van der Waals surface area (Å²) in [5, 5.41) is 2.91. The number of halogens is 3. The maximum absolute atomic E-state index is 13.1. The number of nitrogens with one attached hydrogen (secondary N) is 1. The summed E-state index contributed by atoms with van der Waals surface area (Å²) in [7, 11) is 0. The third-order valence-corrected chi connectivity index (χ3v) is 4.33. The highest BCUT2D eigenvalue weighted by atomic mass is 19.4. The third kappa shape index (κ3) is 5.50. The van der Waals surface area contributed by atoms with Crippen molar-refractivity contribution in [2.24, 2.45) is 5.92 Å². The molecule has 0 saturated heterocycles. The molecule has 1 aromatic heterocycles. The lowest BCUT2D eigenvalue weighted by Gasteiger charge is -2.15. The van der Waals surface area contributed by atoms with Crippen LogP contribution in [0.1, 0.15) is 45.1 Å². The highest BCUT2D eigenvalue weighted by molar-refractivity contribution is 5.55. The summed E-state index contributed by atoms with van der Waals surface area (Å²) in [6.45, 7) is 3.83. The summed E-state index contributed by atoms with van der Waals surface area (Å²) in [5.41, 5.74) is -0.340. The smallest absolute Gasteiger partial charge is 0.423 e. The summed E-state index contributed by atoms with van der Waals surface area (Å²) in [5.74, 6) is 0.405. The molecule has 0 amide bonds. The Balaban J connectivity index is 1.71. The van der Waals surface area contributed by atoms with Gasteiger partial charge in [-0.15, -0.1) is 0 Å². The van der Waals surface area contributed by atoms with Gasteiger partial charge in [0.05, 0.1) is 12.7 Å². The van der Waals surface area contributed by atoms with Crippen molar-refractivity contribution in [1.29, 1.82) is 0 Å². The van der Waals surface area contributed by atoms with Crippen LogP contribution in [0.2, 0.25) is 0 Å². The predicted molar refractivity (Wildman–Crippen MR) is 100.0 cm³/mol. The molecule has 1 fully saturated rings. The first-order valence-corrected chi connectivity index (χ1v) is 9.42. The molecule has 1 heterocycles. The van der Waals surface area contributed by atoms with E-state index >= 15 is 0 Å². The highest BCUT2D eigenvalue weighted by Gasteiger charge is 2.36. The van der Waals surface area contributed by atoms with Crippen LogP contribution >= 0.6 is 0 Å². The lowest BCUT2D eigenvalue weighted by molar-refractivity contribution is -0.139. The van der Waals surface area contributed by atoms with Gasteiger partial charge in [0.1, 0.15) is 11.3 Å². The Hall–Kier alpha value is -2.51. The minimum absolute atomic E-state index is 0.0382. The Bertz CT molecular complexity index is 773. The van der Waals surface area contributed by atoms with Gasteiger partial charge in [-0.2, -0.15) is 18.2 Å². The van der Waals surface area contributed by atoms with Crippen LogP contribution in [0.3, 0.4) is 0 Å². The van der Waals surface area contributed by atoms with E-state index in [0.29, 0.717) is 5.69 Å². The average Bonchev–Trinajstić information content (AvgIpc) is 3.14. The molecule has 8 heteroatoms. The lowest BCUT2D eigenvalue weighted by atomic mass is 10.2. The first-order chi connectivity index (χ1) is 13.3. The summed E-state index contributed by atoms with van der Waals surface area (Å²) >= 11 is 0. The zero-order valence-electron chi connectivity index (χ0n) is 15.9. The number of rotatable bonds is 7. The van der Waals surface area contributed by atoms with Gasteiger partial charge in [0, 0.05) is 11.9 Å². The van der Waals surface area contributed by atoms with Gasteiger partial charge >= 0.3 is 6.18 Å². The van der Waals surface area contributed by atoms with Crippen molar-refractivity contribution >= 4 is 11.6 Å². The Morgan fingerprint density at radius 2 is 1.82 bits per heavy atom. The Morgan fingerprint density at radius 3 is 2.43 bits per heavy atom. The minimum Gasteiger partial charge on any atom is -0.490 e. The van der Waals surface area contributed by atoms with E-state index in [0.717, 1.165) is 24.8 Å². The number of aromatic nitrogens is 2. The summed E-state index contributed by atoms with van der Waals surface area (Å²) in [6.07, 6.45) is 0.940. The standard InChI is InChI=1S/C20H24F3N3O2/c1-13(2)12-27-18-17(20(21,22)23)11-24-19(26-18)25-14-7-9-16(10-8-14)28-15-5-3-4-6-15/h7-11,13,15H,3-6,12H2,1-2H3,(H,24,25,26). The van der Waals surface area contributed by atoms with E-state index in [1.165, 1.54) is 12.8 Å². The third-order valence-electron chi connectivity index (χ3n) is 4.33. The predicted octanol–water partition coefficient (Wildman–Crippen LogP) is 5.60. The number of hydrogen-bond donors (Lipinski definition) is 1. The lowest BCUT2D eigenvalue weighted by Crippen LogP contribution is -2.14. The maximum atomic E-state index is 13.1. The van der Waals surface area contributed by atoms with Gasteiger partial charge in [-0.1, -0.05) is 13.8 Å². The molecule has 28 heavy (non-hydrogen) atoms. The van der Waals surface area contributed by atoms with Gasteiger partial charge in [0.15, 0.2) is 0 Å². The van der Waals surface area contributed by atoms with Gasteiger partial charge in [0.25, 0.3) is 0 Å². The van der Waals surface area contributed by atoms with Crippen molar-refractivity contribution < 1.29 is 22.6 Å². The highest BCUT2D eigenvalue weighted by Crippen LogP contribution is 2.35. The number of anilines is 2. The summed E-state index contributed by atoms with van der Waals surface area (Å²) < 4.78 is 50.6. The molecule has 1 aliphatic rings. The molecule has 0 aliphatic heterocycles. The second-order valence-corrected chi connectivity index (χ2v) is 7.29. The van der Waals surface area contributed by atoms with Gasteiger partial charge in [-0.3, -0.25) is 0 Å². The second-order valence-electron chi connectivity index (χ2n) is 7.29. The van der Waals surface area contributed by atoms with Crippen LogP contribution in [0.25, 0.3) is 0 Å². The first-order valence-electron chi connectivity index (χ1n) is 9.42. The molecule has 1 aliphatic carbocycles. The molecular weight excluding hydrogens is 371 g/mol. The first kappa shape index (κ1) is 20.2. The van der Waals surface area contributed by atoms with Crippen molar-refractivity contribution in [1.82, 2.24) is 9.97 Å². The Morgan fingerprint density at radius 1 is 1.14 bits per heavy atom. The van der Waals surface area contributed by atoms with E-state index < -0.39 is 17.6 Å². The zero-order chi connectivity index (χ0) is 20.1. The van der Waals surface area contributed by atoms with Crippen LogP contribution < -0.4 is 14.8 Å². The quantitative estimate of drug-likeness (QED) is 0.662. The molecule has 1 N–H and O–H groups in total. The van der Waals surface area contributed by atoms with Crippen molar-refractivity contribution in [2.75, 3.05) is 11.9 Å². The Labute approximate surface area is 162 Å². The van der Waals surface area contributed by atoms with E-state index in [1.807, 2.05) is 26.0 Å². The molecule has 0 unspecified atom stereocenters. The van der Waals surface area contributed by atoms with Crippen molar-refractivity contribution in [3.05, 3.63) is 36.0 Å². The van der Waals surface area contributed by atoms with Crippen molar-refractivity contribution in [2.45, 2.75) is 51.8 Å². The molecule has 152 valence electrons. The summed E-state index contributed by atoms with van der Waals surface area (Å²) in [4.78, 5) is 7.70. The zero-order valence-corrected chi connectivity index (χ0v) is 15.9. The van der Waals surface area contributed by atoms with Crippen molar-refractivity contribution in [3.63, 3.8) is 0 Å². The molecule has 0 atom stereocenters. The van der Waals surface area contributed by atoms with E-state index in [2.05, 4.69) is 15.3 Å². The monoisotopic (exact) mass is 395 g/mol. The van der Waals surface area contributed by atoms with Crippen LogP contribution in [0, 0.1) is 5.92 Å². The molecule has 2 aromatic rings. The Kier molecular flexibility index (Phi) is 6.26. The van der Waals surface area contributed by atoms with Crippen LogP contribution in [0.5, 0.6) is 11.6 Å². The molecule has 0 bridgehead atoms. The number of hydrogen-bond acceptors (Lipinski definition) is 5. The van der Waals surface area contributed by atoms with E-state index in [9.17, 15) is 13.2 Å². The van der Waals surface area contributed by atoms with Crippen LogP contribution in [0.4, 0.5) is 24.8 Å². The van der Waals surface area contributed by atoms with Gasteiger partial charge < -0.3 is 14.8 Å². The van der Waals surface area contributed by atoms with E-state index in [-0.39, 0.29) is 24.6 Å². The molecule has 0 spiro atoms. The molecule has 5 nitrogen and oxygen atoms in total. The van der Waals surface area contributed by atoms with Gasteiger partial charge in [0.2, 0.25) is 11.8 Å². The molecule has 1 saturated carbocycles. The largest absolute Gasteiger partial charge is 0.490 e. The van der Waals surface area contributed by atoms with Crippen LogP contribution in [-0.2, 0) is 6.18 Å². The van der Waals surface area contributed by atoms with Gasteiger partial charge in [-0.25, -0.2) is 4.98 Å². The van der Waals surface area contributed by atoms with E-state index in [1.54, 1.807) is 12.1 Å². The SMILES string of the molecule is CC(C)COc1nc(Nc2ccc(OC3CCCC3)cc2)ncc1C(F)(F)F. The normalized spacial score (nSPS) is 15.1. The number of alkyl halides is 3. The fourth-order valence-electron chi connectivity index (χ4n) is 2.92. The minimum atomic E-state index is -4.58. The van der Waals surface area contributed by atoms with E-state index in [4.69, 9.17) is 9.47 Å². The fraction of sp³-hybridized carbons (Fsp3) is 0.500. The number of ether oxygens (including phenoxy) is 2. The van der Waals surface area contributed by atoms with Crippen molar-refractivity contribution in [3.8, 4) is 11.6 Å². The molecule has 0 radical (unpaired) electrons. The maximum Gasteiger partial charge on any atom is 0.423 e. The number of benzene rings is 1. The number of nitrogens with zero attached hydrogens (tertiary/aromatic N) is 2. The molecule has 3 rings (SSSR count). The summed E-state index contributed by atoms with van der Waals surface area (Å²) in [6, 6.07) is 7.20. The fourth-order valence-corrected chi connectivity index (χ4v) is 2.92.